The van der Waals surface area contributed by atoms with Crippen molar-refractivity contribution in [2.45, 2.75) is 59.3 Å². The van der Waals surface area contributed by atoms with Crippen molar-refractivity contribution >= 4 is 8.60 Å². The maximum Gasteiger partial charge on any atom is 0.332 e. The Morgan fingerprint density at radius 3 is 1.56 bits per heavy atom. The SMILES string of the molecule is CCCCCOP(OCC)OCCCCC. The molecule has 0 spiro atoms. The van der Waals surface area contributed by atoms with Crippen LogP contribution >= 0.6 is 8.60 Å². The Morgan fingerprint density at radius 1 is 0.688 bits per heavy atom. The van der Waals surface area contributed by atoms with Crippen LogP contribution in [0.3, 0.4) is 0 Å². The summed E-state index contributed by atoms with van der Waals surface area (Å²) in [5, 5.41) is 0. The largest absolute Gasteiger partial charge is 0.332 e. The monoisotopic (exact) mass is 250 g/mol. The molecule has 0 bridgehead atoms. The minimum absolute atomic E-state index is 0.660. The van der Waals surface area contributed by atoms with Crippen LogP contribution in [0.4, 0.5) is 0 Å². The minimum atomic E-state index is -1.09. The Hall–Kier alpha value is 0.310. The molecule has 0 fully saturated rings. The lowest BCUT2D eigenvalue weighted by atomic mass is 10.3. The van der Waals surface area contributed by atoms with E-state index < -0.39 is 8.60 Å². The van der Waals surface area contributed by atoms with Crippen molar-refractivity contribution in [3.8, 4) is 0 Å². The molecule has 0 saturated heterocycles. The van der Waals surface area contributed by atoms with Crippen molar-refractivity contribution in [3.63, 3.8) is 0 Å². The standard InChI is InChI=1S/C12H27O3P/c1-4-7-9-11-14-16(13-6-3)15-12-10-8-5-2/h4-12H2,1-3H3. The van der Waals surface area contributed by atoms with Crippen molar-refractivity contribution < 1.29 is 13.6 Å². The van der Waals surface area contributed by atoms with E-state index in [4.69, 9.17) is 13.6 Å². The maximum atomic E-state index is 5.59. The van der Waals surface area contributed by atoms with Gasteiger partial charge in [0.05, 0.1) is 19.8 Å². The highest BCUT2D eigenvalue weighted by molar-refractivity contribution is 7.41. The molecule has 0 unspecified atom stereocenters. The third-order valence-corrected chi connectivity index (χ3v) is 3.38. The summed E-state index contributed by atoms with van der Waals surface area (Å²) in [5.74, 6) is 0. The molecule has 0 heterocycles. The predicted molar refractivity (Wildman–Crippen MR) is 69.5 cm³/mol. The van der Waals surface area contributed by atoms with Crippen LogP contribution in [0, 0.1) is 0 Å². The second-order valence-electron chi connectivity index (χ2n) is 3.72. The Morgan fingerprint density at radius 2 is 1.19 bits per heavy atom. The van der Waals surface area contributed by atoms with E-state index in [0.29, 0.717) is 6.61 Å². The number of unbranched alkanes of at least 4 members (excludes halogenated alkanes) is 4. The summed E-state index contributed by atoms with van der Waals surface area (Å²) in [4.78, 5) is 0. The number of hydrogen-bond acceptors (Lipinski definition) is 3. The summed E-state index contributed by atoms with van der Waals surface area (Å²) in [7, 11) is -1.09. The van der Waals surface area contributed by atoms with E-state index in [1.165, 1.54) is 25.7 Å². The van der Waals surface area contributed by atoms with Crippen molar-refractivity contribution in [1.82, 2.24) is 0 Å². The van der Waals surface area contributed by atoms with E-state index >= 15 is 0 Å². The van der Waals surface area contributed by atoms with Gasteiger partial charge in [0.25, 0.3) is 0 Å². The number of hydrogen-bond donors (Lipinski definition) is 0. The normalized spacial score (nSPS) is 11.2. The molecule has 98 valence electrons. The van der Waals surface area contributed by atoms with Crippen LogP contribution in [-0.2, 0) is 13.6 Å². The zero-order valence-corrected chi connectivity index (χ0v) is 11.9. The average Bonchev–Trinajstić information content (AvgIpc) is 2.30. The summed E-state index contributed by atoms with van der Waals surface area (Å²) in [6.45, 7) is 8.52. The van der Waals surface area contributed by atoms with E-state index in [2.05, 4.69) is 13.8 Å². The quantitative estimate of drug-likeness (QED) is 0.372. The van der Waals surface area contributed by atoms with Gasteiger partial charge in [-0.05, 0) is 19.8 Å². The van der Waals surface area contributed by atoms with Crippen LogP contribution in [-0.4, -0.2) is 19.8 Å². The van der Waals surface area contributed by atoms with Gasteiger partial charge >= 0.3 is 8.60 Å². The van der Waals surface area contributed by atoms with Gasteiger partial charge in [-0.1, -0.05) is 39.5 Å². The van der Waals surface area contributed by atoms with Crippen molar-refractivity contribution in [2.75, 3.05) is 19.8 Å². The maximum absolute atomic E-state index is 5.59. The molecule has 3 nitrogen and oxygen atoms in total. The highest BCUT2D eigenvalue weighted by Crippen LogP contribution is 2.39. The van der Waals surface area contributed by atoms with Crippen LogP contribution in [0.25, 0.3) is 0 Å². The van der Waals surface area contributed by atoms with Gasteiger partial charge in [-0.3, -0.25) is 0 Å². The minimum Gasteiger partial charge on any atom is -0.313 e. The summed E-state index contributed by atoms with van der Waals surface area (Å²) in [5.41, 5.74) is 0. The van der Waals surface area contributed by atoms with Gasteiger partial charge < -0.3 is 13.6 Å². The molecule has 0 aliphatic heterocycles. The summed E-state index contributed by atoms with van der Waals surface area (Å²) in [6, 6.07) is 0. The first-order valence-electron chi connectivity index (χ1n) is 6.54. The third kappa shape index (κ3) is 10.8. The molecule has 0 N–H and O–H groups in total. The van der Waals surface area contributed by atoms with Crippen molar-refractivity contribution in [2.24, 2.45) is 0 Å². The molecule has 0 saturated carbocycles. The van der Waals surface area contributed by atoms with E-state index in [9.17, 15) is 0 Å². The van der Waals surface area contributed by atoms with Crippen molar-refractivity contribution in [3.05, 3.63) is 0 Å². The summed E-state index contributed by atoms with van der Waals surface area (Å²) >= 11 is 0. The fourth-order valence-corrected chi connectivity index (χ4v) is 2.19. The second-order valence-corrected chi connectivity index (χ2v) is 4.94. The first-order chi connectivity index (χ1) is 7.85. The molecule has 0 aliphatic carbocycles. The van der Waals surface area contributed by atoms with Gasteiger partial charge in [-0.15, -0.1) is 0 Å². The Labute approximate surface area is 102 Å². The molecule has 0 aromatic heterocycles. The molecule has 0 amide bonds. The van der Waals surface area contributed by atoms with Crippen LogP contribution in [0.2, 0.25) is 0 Å². The third-order valence-electron chi connectivity index (χ3n) is 2.12. The topological polar surface area (TPSA) is 27.7 Å². The molecular weight excluding hydrogens is 223 g/mol. The van der Waals surface area contributed by atoms with Crippen LogP contribution in [0.5, 0.6) is 0 Å². The number of rotatable bonds is 12. The van der Waals surface area contributed by atoms with E-state index in [0.717, 1.165) is 26.1 Å². The van der Waals surface area contributed by atoms with Gasteiger partial charge in [0.1, 0.15) is 0 Å². The van der Waals surface area contributed by atoms with Gasteiger partial charge in [-0.25, -0.2) is 0 Å². The zero-order chi connectivity index (χ0) is 12.1. The molecule has 0 rings (SSSR count). The second kappa shape index (κ2) is 13.4. The van der Waals surface area contributed by atoms with Gasteiger partial charge in [0.15, 0.2) is 0 Å². The highest BCUT2D eigenvalue weighted by atomic mass is 31.2. The molecule has 4 heteroatoms. The Kier molecular flexibility index (Phi) is 13.6. The Balaban J connectivity index is 3.45. The summed E-state index contributed by atoms with van der Waals surface area (Å²) < 4.78 is 16.6. The predicted octanol–water partition coefficient (Wildman–Crippen LogP) is 4.66. The molecule has 0 aromatic rings. The molecule has 0 aliphatic rings. The smallest absolute Gasteiger partial charge is 0.313 e. The van der Waals surface area contributed by atoms with Crippen LogP contribution in [0.15, 0.2) is 0 Å². The lowest BCUT2D eigenvalue weighted by molar-refractivity contribution is 0.161. The van der Waals surface area contributed by atoms with E-state index in [-0.39, 0.29) is 0 Å². The summed E-state index contributed by atoms with van der Waals surface area (Å²) in [6.07, 6.45) is 7.05. The Bertz CT molecular complexity index is 121. The first kappa shape index (κ1) is 16.3. The molecular formula is C12H27O3P. The zero-order valence-electron chi connectivity index (χ0n) is 11.0. The van der Waals surface area contributed by atoms with Crippen LogP contribution in [0.1, 0.15) is 59.3 Å². The highest BCUT2D eigenvalue weighted by Gasteiger charge is 2.10. The average molecular weight is 250 g/mol. The van der Waals surface area contributed by atoms with E-state index in [1.54, 1.807) is 0 Å². The molecule has 0 radical (unpaired) electrons. The van der Waals surface area contributed by atoms with Crippen molar-refractivity contribution in [1.29, 1.82) is 0 Å². The lowest BCUT2D eigenvalue weighted by Crippen LogP contribution is -1.98. The van der Waals surface area contributed by atoms with Gasteiger partial charge in [0, 0.05) is 0 Å². The molecule has 0 atom stereocenters. The fraction of sp³-hybridized carbons (Fsp3) is 1.00. The van der Waals surface area contributed by atoms with Gasteiger partial charge in [-0.2, -0.15) is 0 Å². The first-order valence-corrected chi connectivity index (χ1v) is 7.63. The molecule has 0 aromatic carbocycles. The van der Waals surface area contributed by atoms with Gasteiger partial charge in [0.2, 0.25) is 0 Å². The van der Waals surface area contributed by atoms with Crippen LogP contribution < -0.4 is 0 Å². The lowest BCUT2D eigenvalue weighted by Gasteiger charge is -2.15. The fourth-order valence-electron chi connectivity index (χ4n) is 1.20. The molecule has 16 heavy (non-hydrogen) atoms. The van der Waals surface area contributed by atoms with E-state index in [1.807, 2.05) is 6.92 Å².